The summed E-state index contributed by atoms with van der Waals surface area (Å²) in [7, 11) is -2.15. The third kappa shape index (κ3) is 3.52. The quantitative estimate of drug-likeness (QED) is 0.914. The number of hydrogen-bond donors (Lipinski definition) is 1. The van der Waals surface area contributed by atoms with E-state index in [-0.39, 0.29) is 17.0 Å². The van der Waals surface area contributed by atoms with Crippen molar-refractivity contribution in [3.63, 3.8) is 0 Å². The summed E-state index contributed by atoms with van der Waals surface area (Å²) in [5.41, 5.74) is 2.94. The molecule has 120 valence electrons. The van der Waals surface area contributed by atoms with Gasteiger partial charge >= 0.3 is 0 Å². The standard InChI is InChI=1S/C17H18N2O3S/c1-12-13(2)16(22-3)9-8-15(12)11-19-23(20,21)17-7-5-4-6-14(17)10-18/h4-9,19H,11H2,1-3H3. The first-order valence-corrected chi connectivity index (χ1v) is 8.51. The third-order valence-corrected chi connectivity index (χ3v) is 5.28. The number of benzene rings is 2. The summed E-state index contributed by atoms with van der Waals surface area (Å²) in [5.74, 6) is 0.768. The van der Waals surface area contributed by atoms with Gasteiger partial charge in [0.15, 0.2) is 0 Å². The van der Waals surface area contributed by atoms with Gasteiger partial charge in [0.2, 0.25) is 10.0 Å². The van der Waals surface area contributed by atoms with E-state index in [1.165, 1.54) is 12.1 Å². The Hall–Kier alpha value is -2.36. The summed E-state index contributed by atoms with van der Waals surface area (Å²) in [4.78, 5) is -0.00890. The van der Waals surface area contributed by atoms with Gasteiger partial charge in [0, 0.05) is 6.54 Å². The number of rotatable bonds is 5. The fourth-order valence-corrected chi connectivity index (χ4v) is 3.47. The Morgan fingerprint density at radius 3 is 2.48 bits per heavy atom. The SMILES string of the molecule is COc1ccc(CNS(=O)(=O)c2ccccc2C#N)c(C)c1C. The Kier molecular flexibility index (Phi) is 5.04. The van der Waals surface area contributed by atoms with Crippen molar-refractivity contribution in [3.05, 3.63) is 58.7 Å². The first-order valence-electron chi connectivity index (χ1n) is 7.02. The molecular weight excluding hydrogens is 312 g/mol. The third-order valence-electron chi connectivity index (χ3n) is 3.82. The number of sulfonamides is 1. The molecule has 0 aliphatic carbocycles. The second kappa shape index (κ2) is 6.82. The lowest BCUT2D eigenvalue weighted by molar-refractivity contribution is 0.411. The Morgan fingerprint density at radius 2 is 1.83 bits per heavy atom. The van der Waals surface area contributed by atoms with Gasteiger partial charge in [-0.2, -0.15) is 5.26 Å². The van der Waals surface area contributed by atoms with E-state index in [1.54, 1.807) is 19.2 Å². The molecule has 1 N–H and O–H groups in total. The van der Waals surface area contributed by atoms with Crippen LogP contribution in [0.25, 0.3) is 0 Å². The van der Waals surface area contributed by atoms with Crippen LogP contribution in [0.2, 0.25) is 0 Å². The van der Waals surface area contributed by atoms with Crippen LogP contribution in [-0.4, -0.2) is 15.5 Å². The van der Waals surface area contributed by atoms with E-state index in [0.29, 0.717) is 0 Å². The van der Waals surface area contributed by atoms with Crippen LogP contribution in [0, 0.1) is 25.2 Å². The van der Waals surface area contributed by atoms with Gasteiger partial charge < -0.3 is 4.74 Å². The maximum Gasteiger partial charge on any atom is 0.242 e. The number of nitrogens with one attached hydrogen (secondary N) is 1. The number of ether oxygens (including phenoxy) is 1. The van der Waals surface area contributed by atoms with E-state index in [2.05, 4.69) is 4.72 Å². The van der Waals surface area contributed by atoms with Crippen LogP contribution >= 0.6 is 0 Å². The molecule has 5 nitrogen and oxygen atoms in total. The lowest BCUT2D eigenvalue weighted by atomic mass is 10.0. The molecule has 2 rings (SSSR count). The van der Waals surface area contributed by atoms with E-state index in [0.717, 1.165) is 22.4 Å². The summed E-state index contributed by atoms with van der Waals surface area (Å²) in [6, 6.07) is 11.7. The molecule has 0 atom stereocenters. The second-order valence-corrected chi connectivity index (χ2v) is 6.84. The molecule has 0 aromatic heterocycles. The van der Waals surface area contributed by atoms with E-state index >= 15 is 0 Å². The summed E-state index contributed by atoms with van der Waals surface area (Å²) < 4.78 is 32.6. The van der Waals surface area contributed by atoms with Crippen LogP contribution in [-0.2, 0) is 16.6 Å². The number of nitrogens with zero attached hydrogens (tertiary/aromatic N) is 1. The molecule has 0 aliphatic heterocycles. The zero-order chi connectivity index (χ0) is 17.0. The van der Waals surface area contributed by atoms with Gasteiger partial charge in [-0.05, 0) is 48.7 Å². The minimum Gasteiger partial charge on any atom is -0.496 e. The summed E-state index contributed by atoms with van der Waals surface area (Å²) in [6.07, 6.45) is 0. The van der Waals surface area contributed by atoms with E-state index in [1.807, 2.05) is 32.0 Å². The minimum atomic E-state index is -3.75. The maximum atomic E-state index is 12.4. The van der Waals surface area contributed by atoms with Crippen LogP contribution in [0.4, 0.5) is 0 Å². The average molecular weight is 330 g/mol. The van der Waals surface area contributed by atoms with Gasteiger partial charge in [-0.3, -0.25) is 0 Å². The Bertz CT molecular complexity index is 868. The minimum absolute atomic E-state index is 0.00890. The highest BCUT2D eigenvalue weighted by Crippen LogP contribution is 2.24. The van der Waals surface area contributed by atoms with Gasteiger partial charge in [-0.15, -0.1) is 0 Å². The van der Waals surface area contributed by atoms with Crippen molar-refractivity contribution < 1.29 is 13.2 Å². The van der Waals surface area contributed by atoms with Crippen LogP contribution in [0.5, 0.6) is 5.75 Å². The second-order valence-electron chi connectivity index (χ2n) is 5.11. The van der Waals surface area contributed by atoms with E-state index in [9.17, 15) is 8.42 Å². The zero-order valence-corrected chi connectivity index (χ0v) is 14.1. The highest BCUT2D eigenvalue weighted by molar-refractivity contribution is 7.89. The molecule has 0 spiro atoms. The molecule has 6 heteroatoms. The molecule has 0 fully saturated rings. The fourth-order valence-electron chi connectivity index (χ4n) is 2.31. The van der Waals surface area contributed by atoms with Gasteiger partial charge in [0.1, 0.15) is 11.8 Å². The highest BCUT2D eigenvalue weighted by atomic mass is 32.2. The lowest BCUT2D eigenvalue weighted by Gasteiger charge is -2.14. The van der Waals surface area contributed by atoms with Crippen molar-refractivity contribution in [3.8, 4) is 11.8 Å². The normalized spacial score (nSPS) is 11.0. The first kappa shape index (κ1) is 17.0. The summed E-state index contributed by atoms with van der Waals surface area (Å²) in [6.45, 7) is 4.00. The monoisotopic (exact) mass is 330 g/mol. The Morgan fingerprint density at radius 1 is 1.13 bits per heavy atom. The Labute approximate surface area is 136 Å². The number of hydrogen-bond acceptors (Lipinski definition) is 4. The van der Waals surface area contributed by atoms with Crippen molar-refractivity contribution in [2.24, 2.45) is 0 Å². The first-order chi connectivity index (χ1) is 10.9. The van der Waals surface area contributed by atoms with Gasteiger partial charge in [0.05, 0.1) is 17.6 Å². The predicted octanol–water partition coefficient (Wildman–Crippen LogP) is 2.66. The number of methoxy groups -OCH3 is 1. The molecule has 2 aromatic carbocycles. The van der Waals surface area contributed by atoms with Gasteiger partial charge in [-0.1, -0.05) is 18.2 Å². The molecule has 0 heterocycles. The van der Waals surface area contributed by atoms with Crippen LogP contribution in [0.15, 0.2) is 41.3 Å². The predicted molar refractivity (Wildman–Crippen MR) is 87.7 cm³/mol. The smallest absolute Gasteiger partial charge is 0.242 e. The van der Waals surface area contributed by atoms with Gasteiger partial charge in [0.25, 0.3) is 0 Å². The molecule has 23 heavy (non-hydrogen) atoms. The van der Waals surface area contributed by atoms with Crippen molar-refractivity contribution in [2.45, 2.75) is 25.3 Å². The highest BCUT2D eigenvalue weighted by Gasteiger charge is 2.18. The molecular formula is C17H18N2O3S. The topological polar surface area (TPSA) is 79.2 Å². The molecule has 0 unspecified atom stereocenters. The van der Waals surface area contributed by atoms with Crippen LogP contribution in [0.1, 0.15) is 22.3 Å². The van der Waals surface area contributed by atoms with Crippen molar-refractivity contribution >= 4 is 10.0 Å². The molecule has 0 bridgehead atoms. The van der Waals surface area contributed by atoms with Crippen LogP contribution < -0.4 is 9.46 Å². The van der Waals surface area contributed by atoms with Crippen molar-refractivity contribution in [1.82, 2.24) is 4.72 Å². The lowest BCUT2D eigenvalue weighted by Crippen LogP contribution is -2.24. The van der Waals surface area contributed by atoms with E-state index in [4.69, 9.17) is 10.00 Å². The summed E-state index contributed by atoms with van der Waals surface area (Å²) >= 11 is 0. The largest absolute Gasteiger partial charge is 0.496 e. The zero-order valence-electron chi connectivity index (χ0n) is 13.3. The maximum absolute atomic E-state index is 12.4. The summed E-state index contributed by atoms with van der Waals surface area (Å²) in [5, 5.41) is 9.05. The molecule has 2 aromatic rings. The fraction of sp³-hybridized carbons (Fsp3) is 0.235. The molecule has 0 amide bonds. The van der Waals surface area contributed by atoms with Crippen molar-refractivity contribution in [2.75, 3.05) is 7.11 Å². The Balaban J connectivity index is 2.27. The molecule has 0 radical (unpaired) electrons. The van der Waals surface area contributed by atoms with E-state index < -0.39 is 10.0 Å². The average Bonchev–Trinajstić information content (AvgIpc) is 2.56. The molecule has 0 aliphatic rings. The van der Waals surface area contributed by atoms with Crippen molar-refractivity contribution in [1.29, 1.82) is 5.26 Å². The molecule has 0 saturated carbocycles. The number of nitriles is 1. The van der Waals surface area contributed by atoms with Gasteiger partial charge in [-0.25, -0.2) is 13.1 Å². The molecule has 0 saturated heterocycles. The van der Waals surface area contributed by atoms with Crippen LogP contribution in [0.3, 0.4) is 0 Å².